The third-order valence-electron chi connectivity index (χ3n) is 10.0. The van der Waals surface area contributed by atoms with Crippen LogP contribution in [0, 0.1) is 11.8 Å². The number of nitrogens with zero attached hydrogens (tertiary/aromatic N) is 3. The van der Waals surface area contributed by atoms with E-state index in [0.717, 1.165) is 28.4 Å². The first-order chi connectivity index (χ1) is 21.8. The first kappa shape index (κ1) is 29.8. The second-order valence-electron chi connectivity index (χ2n) is 12.8. The van der Waals surface area contributed by atoms with Crippen molar-refractivity contribution in [3.8, 4) is 0 Å². The second kappa shape index (κ2) is 11.5. The summed E-state index contributed by atoms with van der Waals surface area (Å²) in [6.07, 6.45) is 9.41. The lowest BCUT2D eigenvalue weighted by molar-refractivity contribution is -0.145. The summed E-state index contributed by atoms with van der Waals surface area (Å²) in [5.74, 6) is -1.82. The quantitative estimate of drug-likeness (QED) is 0.382. The number of likely N-dealkylation sites (tertiary alicyclic amines) is 1. The number of aliphatic hydroxyl groups is 1. The molecule has 2 fully saturated rings. The van der Waals surface area contributed by atoms with Crippen LogP contribution in [0.5, 0.6) is 0 Å². The number of anilines is 1. The van der Waals surface area contributed by atoms with E-state index in [-0.39, 0.29) is 24.3 Å². The predicted molar refractivity (Wildman–Crippen MR) is 179 cm³/mol. The van der Waals surface area contributed by atoms with Crippen molar-refractivity contribution >= 4 is 45.9 Å². The molecule has 7 rings (SSSR count). The number of hydrogen-bond donors (Lipinski definition) is 1. The van der Waals surface area contributed by atoms with Crippen LogP contribution < -0.4 is 4.90 Å². The van der Waals surface area contributed by atoms with Gasteiger partial charge in [0.05, 0.1) is 29.2 Å². The van der Waals surface area contributed by atoms with Gasteiger partial charge in [0.25, 0.3) is 5.91 Å². The maximum absolute atomic E-state index is 15.0. The molecular weight excluding hydrogens is 582 g/mol. The molecule has 0 aromatic heterocycles. The monoisotopic (exact) mass is 621 g/mol. The zero-order valence-corrected chi connectivity index (χ0v) is 26.5. The van der Waals surface area contributed by atoms with E-state index in [1.807, 2.05) is 110 Å². The van der Waals surface area contributed by atoms with Gasteiger partial charge in [-0.1, -0.05) is 91.9 Å². The molecule has 6 atom stereocenters. The van der Waals surface area contributed by atoms with Crippen LogP contribution in [0.4, 0.5) is 5.69 Å². The van der Waals surface area contributed by atoms with Gasteiger partial charge in [-0.15, -0.1) is 11.8 Å². The van der Waals surface area contributed by atoms with Gasteiger partial charge in [0, 0.05) is 30.1 Å². The fraction of sp³-hybridized carbons (Fsp3) is 0.378. The third kappa shape index (κ3) is 4.72. The van der Waals surface area contributed by atoms with E-state index in [0.29, 0.717) is 26.1 Å². The maximum Gasteiger partial charge on any atom is 0.251 e. The van der Waals surface area contributed by atoms with Crippen molar-refractivity contribution < 1.29 is 19.5 Å². The highest BCUT2D eigenvalue weighted by atomic mass is 32.2. The zero-order chi connectivity index (χ0) is 31.3. The van der Waals surface area contributed by atoms with Crippen LogP contribution in [0.15, 0.2) is 97.1 Å². The first-order valence-electron chi connectivity index (χ1n) is 15.9. The van der Waals surface area contributed by atoms with Crippen molar-refractivity contribution in [1.29, 1.82) is 0 Å². The largest absolute Gasteiger partial charge is 0.394 e. The molecule has 0 radical (unpaired) electrons. The Morgan fingerprint density at radius 3 is 2.36 bits per heavy atom. The molecule has 45 heavy (non-hydrogen) atoms. The number of hydrogen-bond acceptors (Lipinski definition) is 5. The molecule has 232 valence electrons. The van der Waals surface area contributed by atoms with Crippen LogP contribution in [0.25, 0.3) is 10.8 Å². The minimum Gasteiger partial charge on any atom is -0.394 e. The van der Waals surface area contributed by atoms with E-state index in [2.05, 4.69) is 6.08 Å². The topological polar surface area (TPSA) is 81.2 Å². The van der Waals surface area contributed by atoms with Crippen LogP contribution in [0.3, 0.4) is 0 Å². The van der Waals surface area contributed by atoms with Gasteiger partial charge in [0.1, 0.15) is 6.04 Å². The SMILES string of the molecule is CCCN1CC=C[C@@]2(C)S[C@]34C=CCN(c5ccc6ccccc6c5)C(=O)C3N([C@@H](CO)Cc3ccccc3)C(=O)[C@@H]4[C@H]2C1=O. The standard InChI is InChI=1S/C37H39N3O4S/c1-3-19-38-20-9-17-36(2)30(33(38)42)31-34(43)40(29(24-41)22-25-11-5-4-6-12-25)32-35(44)39(21-10-18-37(31,32)45-36)28-16-15-26-13-7-8-14-27(26)23-28/h4-18,23,29-32,41H,3,19-22,24H2,1-2H3/t29-,30+,31+,32?,36-,37+/m1/s1. The van der Waals surface area contributed by atoms with E-state index in [1.54, 1.807) is 21.6 Å². The van der Waals surface area contributed by atoms with Crippen LogP contribution in [0.2, 0.25) is 0 Å². The summed E-state index contributed by atoms with van der Waals surface area (Å²) in [6, 6.07) is 22.3. The Kier molecular flexibility index (Phi) is 7.61. The molecule has 0 bridgehead atoms. The van der Waals surface area contributed by atoms with Crippen molar-refractivity contribution in [2.24, 2.45) is 11.8 Å². The highest BCUT2D eigenvalue weighted by Crippen LogP contribution is 2.66. The van der Waals surface area contributed by atoms with E-state index in [1.165, 1.54) is 0 Å². The Balaban J connectivity index is 1.37. The Morgan fingerprint density at radius 1 is 0.867 bits per heavy atom. The molecule has 2 saturated heterocycles. The minimum absolute atomic E-state index is 0.0345. The molecule has 0 saturated carbocycles. The number of rotatable bonds is 7. The number of aliphatic hydroxyl groups excluding tert-OH is 1. The lowest BCUT2D eigenvalue weighted by Gasteiger charge is -2.40. The summed E-state index contributed by atoms with van der Waals surface area (Å²) in [6.45, 7) is 5.27. The highest BCUT2D eigenvalue weighted by molar-refractivity contribution is 8.02. The van der Waals surface area contributed by atoms with Crippen LogP contribution in [-0.2, 0) is 20.8 Å². The molecule has 4 aliphatic rings. The second-order valence-corrected chi connectivity index (χ2v) is 14.6. The summed E-state index contributed by atoms with van der Waals surface area (Å²) < 4.78 is -1.64. The number of thioether (sulfide) groups is 1. The summed E-state index contributed by atoms with van der Waals surface area (Å²) in [5.41, 5.74) is 1.73. The number of amides is 3. The van der Waals surface area contributed by atoms with Crippen LogP contribution in [-0.4, -0.2) is 80.4 Å². The molecule has 3 amide bonds. The number of benzene rings is 3. The summed E-state index contributed by atoms with van der Waals surface area (Å²) in [5, 5.41) is 12.9. The summed E-state index contributed by atoms with van der Waals surface area (Å²) in [4.78, 5) is 49.6. The van der Waals surface area contributed by atoms with Gasteiger partial charge in [-0.2, -0.15) is 0 Å². The van der Waals surface area contributed by atoms with E-state index in [4.69, 9.17) is 0 Å². The molecule has 1 unspecified atom stereocenters. The fourth-order valence-electron chi connectivity index (χ4n) is 8.09. The van der Waals surface area contributed by atoms with Gasteiger partial charge in [0.15, 0.2) is 0 Å². The van der Waals surface area contributed by atoms with E-state index >= 15 is 4.79 Å². The lowest BCUT2D eigenvalue weighted by Crippen LogP contribution is -2.57. The highest BCUT2D eigenvalue weighted by Gasteiger charge is 2.74. The Hall–Kier alpha value is -3.88. The zero-order valence-electron chi connectivity index (χ0n) is 25.7. The fourth-order valence-corrected chi connectivity index (χ4v) is 10.2. The Bertz CT molecular complexity index is 1710. The van der Waals surface area contributed by atoms with E-state index in [9.17, 15) is 14.7 Å². The van der Waals surface area contributed by atoms with Gasteiger partial charge in [-0.25, -0.2) is 0 Å². The average Bonchev–Trinajstić information content (AvgIpc) is 3.33. The average molecular weight is 622 g/mol. The van der Waals surface area contributed by atoms with Crippen molar-refractivity contribution in [3.05, 3.63) is 103 Å². The molecule has 3 aromatic rings. The van der Waals surface area contributed by atoms with Gasteiger partial charge in [-0.3, -0.25) is 14.4 Å². The number of carbonyl (C=O) groups is 3. The van der Waals surface area contributed by atoms with Crippen molar-refractivity contribution in [1.82, 2.24) is 9.80 Å². The molecule has 0 aliphatic carbocycles. The van der Waals surface area contributed by atoms with Crippen LogP contribution >= 0.6 is 11.8 Å². The lowest BCUT2D eigenvalue weighted by atomic mass is 9.74. The van der Waals surface area contributed by atoms with Crippen molar-refractivity contribution in [3.63, 3.8) is 0 Å². The normalized spacial score (nSPS) is 29.9. The number of carbonyl (C=O) groups excluding carboxylic acids is 3. The smallest absolute Gasteiger partial charge is 0.251 e. The van der Waals surface area contributed by atoms with Gasteiger partial charge in [0.2, 0.25) is 11.8 Å². The van der Waals surface area contributed by atoms with Crippen molar-refractivity contribution in [2.75, 3.05) is 31.1 Å². The Morgan fingerprint density at radius 2 is 1.60 bits per heavy atom. The molecule has 1 N–H and O–H groups in total. The molecule has 1 spiro atoms. The molecule has 7 nitrogen and oxygen atoms in total. The summed E-state index contributed by atoms with van der Waals surface area (Å²) in [7, 11) is 0. The molecule has 3 aromatic carbocycles. The third-order valence-corrected chi connectivity index (χ3v) is 11.8. The minimum atomic E-state index is -0.974. The molecule has 4 aliphatic heterocycles. The first-order valence-corrected chi connectivity index (χ1v) is 16.7. The van der Waals surface area contributed by atoms with Crippen molar-refractivity contribution in [2.45, 2.75) is 48.3 Å². The summed E-state index contributed by atoms with van der Waals surface area (Å²) >= 11 is 1.58. The van der Waals surface area contributed by atoms with Gasteiger partial charge < -0.3 is 19.8 Å². The van der Waals surface area contributed by atoms with Gasteiger partial charge in [-0.05, 0) is 48.2 Å². The number of fused-ring (bicyclic) bond motifs is 3. The molecule has 4 heterocycles. The van der Waals surface area contributed by atoms with Gasteiger partial charge >= 0.3 is 0 Å². The Labute approximate surface area is 268 Å². The molecular formula is C37H39N3O4S. The predicted octanol–water partition coefficient (Wildman–Crippen LogP) is 4.84. The van der Waals surface area contributed by atoms with Crippen LogP contribution in [0.1, 0.15) is 25.8 Å². The maximum atomic E-state index is 15.0. The molecule has 8 heteroatoms. The van der Waals surface area contributed by atoms with E-state index < -0.39 is 33.4 Å².